The molecule has 0 radical (unpaired) electrons. The van der Waals surface area contributed by atoms with Gasteiger partial charge in [0.1, 0.15) is 11.3 Å². The summed E-state index contributed by atoms with van der Waals surface area (Å²) >= 11 is 0. The number of benzene rings is 2. The third kappa shape index (κ3) is 10.8. The van der Waals surface area contributed by atoms with Crippen LogP contribution in [-0.4, -0.2) is 52.0 Å². The number of hydrogen-bond acceptors (Lipinski definition) is 9. The number of hydrogen-bond donors (Lipinski definition) is 0. The Kier molecular flexibility index (Phi) is 14.9. The lowest BCUT2D eigenvalue weighted by Gasteiger charge is -2.28. The number of esters is 2. The molecule has 10 nitrogen and oxygen atoms in total. The molecular formula is C43H54N2O8. The van der Waals surface area contributed by atoms with Crippen molar-refractivity contribution in [3.8, 4) is 0 Å². The van der Waals surface area contributed by atoms with Gasteiger partial charge >= 0.3 is 17.9 Å². The normalized spacial score (nSPS) is 16.3. The first-order chi connectivity index (χ1) is 25.4. The first-order valence-corrected chi connectivity index (χ1v) is 19.1. The lowest BCUT2D eigenvalue weighted by Crippen LogP contribution is -2.31. The van der Waals surface area contributed by atoms with E-state index < -0.39 is 23.5 Å². The molecule has 10 heteroatoms. The largest absolute Gasteiger partial charge is 0.466 e. The predicted molar refractivity (Wildman–Crippen MR) is 207 cm³/mol. The molecule has 284 valence electrons. The molecule has 4 rings (SSSR count). The fraction of sp³-hybridized carbons (Fsp3) is 0.488. The third-order valence-electron chi connectivity index (χ3n) is 9.73. The minimum Gasteiger partial charge on any atom is -0.466 e. The van der Waals surface area contributed by atoms with Crippen LogP contribution in [0, 0.1) is 5.92 Å². The number of ether oxygens (including phenoxy) is 2. The molecule has 2 unspecified atom stereocenters. The Morgan fingerprint density at radius 3 is 2.11 bits per heavy atom. The lowest BCUT2D eigenvalue weighted by molar-refractivity contribution is -0.157. The number of fused-ring (bicyclic) bond motifs is 3. The van der Waals surface area contributed by atoms with Gasteiger partial charge in [-0.25, -0.2) is 4.79 Å². The molecular weight excluding hydrogens is 672 g/mol. The smallest absolute Gasteiger partial charge is 0.331 e. The summed E-state index contributed by atoms with van der Waals surface area (Å²) in [7, 11) is 0. The summed E-state index contributed by atoms with van der Waals surface area (Å²) in [6.07, 6.45) is 12.7. The zero-order chi connectivity index (χ0) is 38.5. The summed E-state index contributed by atoms with van der Waals surface area (Å²) in [5.41, 5.74) is 2.61. The Balaban J connectivity index is 1.68. The Labute approximate surface area is 312 Å². The Morgan fingerprint density at radius 1 is 0.849 bits per heavy atom. The highest BCUT2D eigenvalue weighted by molar-refractivity contribution is 6.46. The molecule has 0 N–H and O–H groups in total. The van der Waals surface area contributed by atoms with E-state index in [-0.39, 0.29) is 36.7 Å². The SMILES string of the molecule is CCCCC/C(=N\OC(C)=O)C(=O)c1ccc2c(c1)c1cc(C(=O)C3=CCC(C)(OC(=O)CCC(=O)OCC)C=C3)ccc1n2CC(CC)CCCC. The van der Waals surface area contributed by atoms with Crippen LogP contribution in [0.5, 0.6) is 0 Å². The Hall–Kier alpha value is -4.86. The molecule has 1 aliphatic carbocycles. The number of carbonyl (C=O) groups is 5. The van der Waals surface area contributed by atoms with Gasteiger partial charge in [0.2, 0.25) is 5.78 Å². The standard InChI is InChI=1S/C43H54N2O8/c1-7-11-13-15-36(44-53-29(5)46)42(50)33-17-19-38-35(27-33)34-26-32(16-18-37(34)45(38)28-30(9-3)14-12-8-2)41(49)31-22-24-43(6,25-23-31)52-40(48)21-20-39(47)51-10-4/h16-19,22-24,26-27,30H,7-15,20-21,25,28H2,1-6H3/b44-36+. The van der Waals surface area contributed by atoms with Gasteiger partial charge < -0.3 is 18.9 Å². The number of Topliss-reactive ketones (excluding diaryl/α,β-unsaturated/α-hetero) is 2. The van der Waals surface area contributed by atoms with Crippen molar-refractivity contribution in [2.45, 2.75) is 124 Å². The van der Waals surface area contributed by atoms with Crippen LogP contribution in [0.1, 0.15) is 133 Å². The number of allylic oxidation sites excluding steroid dienone is 2. The van der Waals surface area contributed by atoms with E-state index in [0.29, 0.717) is 35.5 Å². The van der Waals surface area contributed by atoms with Gasteiger partial charge in [0.15, 0.2) is 5.78 Å². The van der Waals surface area contributed by atoms with Crippen molar-refractivity contribution in [3.63, 3.8) is 0 Å². The van der Waals surface area contributed by atoms with Crippen LogP contribution in [0.25, 0.3) is 21.8 Å². The van der Waals surface area contributed by atoms with Crippen molar-refractivity contribution in [2.24, 2.45) is 11.1 Å². The highest BCUT2D eigenvalue weighted by Gasteiger charge is 2.29. The Morgan fingerprint density at radius 2 is 1.51 bits per heavy atom. The van der Waals surface area contributed by atoms with Crippen molar-refractivity contribution in [1.29, 1.82) is 0 Å². The number of aromatic nitrogens is 1. The fourth-order valence-corrected chi connectivity index (χ4v) is 6.66. The molecule has 2 atom stereocenters. The molecule has 0 spiro atoms. The molecule has 0 bridgehead atoms. The predicted octanol–water partition coefficient (Wildman–Crippen LogP) is 9.41. The van der Waals surface area contributed by atoms with E-state index in [1.54, 1.807) is 38.1 Å². The molecule has 0 fully saturated rings. The molecule has 0 amide bonds. The van der Waals surface area contributed by atoms with E-state index in [4.69, 9.17) is 14.3 Å². The number of oxime groups is 1. The molecule has 53 heavy (non-hydrogen) atoms. The number of unbranched alkanes of at least 4 members (excludes halogenated alkanes) is 3. The molecule has 3 aromatic rings. The van der Waals surface area contributed by atoms with E-state index in [0.717, 1.165) is 73.3 Å². The minimum atomic E-state index is -0.947. The molecule has 0 aliphatic heterocycles. The first-order valence-electron chi connectivity index (χ1n) is 19.1. The van der Waals surface area contributed by atoms with Gasteiger partial charge in [-0.05, 0) is 81.5 Å². The van der Waals surface area contributed by atoms with Gasteiger partial charge in [-0.2, -0.15) is 0 Å². The third-order valence-corrected chi connectivity index (χ3v) is 9.73. The second-order valence-corrected chi connectivity index (χ2v) is 14.0. The maximum absolute atomic E-state index is 13.9. The average molecular weight is 727 g/mol. The van der Waals surface area contributed by atoms with Crippen molar-refractivity contribution in [2.75, 3.05) is 6.61 Å². The van der Waals surface area contributed by atoms with Crippen LogP contribution in [0.3, 0.4) is 0 Å². The van der Waals surface area contributed by atoms with E-state index >= 15 is 0 Å². The van der Waals surface area contributed by atoms with Gasteiger partial charge in [-0.3, -0.25) is 19.2 Å². The Bertz CT molecular complexity index is 1920. The van der Waals surface area contributed by atoms with Crippen LogP contribution in [0.15, 0.2) is 65.4 Å². The van der Waals surface area contributed by atoms with Crippen molar-refractivity contribution in [3.05, 3.63) is 71.3 Å². The summed E-state index contributed by atoms with van der Waals surface area (Å²) in [5.74, 6) is -1.56. The van der Waals surface area contributed by atoms with Crippen LogP contribution in [0.4, 0.5) is 0 Å². The van der Waals surface area contributed by atoms with Gasteiger partial charge in [-0.15, -0.1) is 0 Å². The minimum absolute atomic E-state index is 0.0551. The van der Waals surface area contributed by atoms with E-state index in [2.05, 4.69) is 30.5 Å². The maximum Gasteiger partial charge on any atom is 0.331 e. The lowest BCUT2D eigenvalue weighted by atomic mass is 9.90. The van der Waals surface area contributed by atoms with Crippen LogP contribution >= 0.6 is 0 Å². The second-order valence-electron chi connectivity index (χ2n) is 14.0. The summed E-state index contributed by atoms with van der Waals surface area (Å²) in [6.45, 7) is 12.3. The summed E-state index contributed by atoms with van der Waals surface area (Å²) in [5, 5.41) is 5.65. The van der Waals surface area contributed by atoms with Gasteiger partial charge in [0.25, 0.3) is 0 Å². The van der Waals surface area contributed by atoms with Crippen LogP contribution < -0.4 is 0 Å². The molecule has 1 heterocycles. The van der Waals surface area contributed by atoms with Crippen molar-refractivity contribution >= 4 is 57.0 Å². The molecule has 1 aliphatic rings. The maximum atomic E-state index is 13.9. The first kappa shape index (κ1) is 40.9. The van der Waals surface area contributed by atoms with Crippen LogP contribution in [0.2, 0.25) is 0 Å². The van der Waals surface area contributed by atoms with E-state index in [9.17, 15) is 24.0 Å². The van der Waals surface area contributed by atoms with Gasteiger partial charge in [-0.1, -0.05) is 70.2 Å². The number of carbonyl (C=O) groups excluding carboxylic acids is 5. The molecule has 0 saturated carbocycles. The van der Waals surface area contributed by atoms with Crippen molar-refractivity contribution < 1.29 is 38.3 Å². The van der Waals surface area contributed by atoms with Crippen molar-refractivity contribution in [1.82, 2.24) is 4.57 Å². The number of nitrogens with zero attached hydrogens (tertiary/aromatic N) is 2. The summed E-state index contributed by atoms with van der Waals surface area (Å²) in [4.78, 5) is 68.3. The zero-order valence-electron chi connectivity index (χ0n) is 32.1. The highest BCUT2D eigenvalue weighted by Crippen LogP contribution is 2.34. The number of ketones is 2. The molecule has 0 saturated heterocycles. The topological polar surface area (TPSA) is 130 Å². The average Bonchev–Trinajstić information content (AvgIpc) is 3.45. The zero-order valence-corrected chi connectivity index (χ0v) is 32.1. The van der Waals surface area contributed by atoms with E-state index in [1.165, 1.54) is 6.92 Å². The molecule has 2 aromatic carbocycles. The van der Waals surface area contributed by atoms with Crippen LogP contribution in [-0.2, 0) is 35.2 Å². The highest BCUT2D eigenvalue weighted by atomic mass is 16.7. The summed E-state index contributed by atoms with van der Waals surface area (Å²) in [6, 6.07) is 11.4. The molecule has 1 aromatic heterocycles. The number of rotatable bonds is 20. The van der Waals surface area contributed by atoms with Gasteiger partial charge in [0.05, 0.1) is 19.4 Å². The quantitative estimate of drug-likeness (QED) is 0.0281. The monoisotopic (exact) mass is 726 g/mol. The van der Waals surface area contributed by atoms with Gasteiger partial charge in [0, 0.05) is 58.4 Å². The fourth-order valence-electron chi connectivity index (χ4n) is 6.66. The summed E-state index contributed by atoms with van der Waals surface area (Å²) < 4.78 is 12.9. The second kappa shape index (κ2) is 19.3. The van der Waals surface area contributed by atoms with E-state index in [1.807, 2.05) is 30.3 Å².